The van der Waals surface area contributed by atoms with E-state index < -0.39 is 0 Å². The predicted octanol–water partition coefficient (Wildman–Crippen LogP) is 2.86. The average Bonchev–Trinajstić information content (AvgIpc) is 2.60. The lowest BCUT2D eigenvalue weighted by atomic mass is 9.95. The van der Waals surface area contributed by atoms with Crippen molar-refractivity contribution in [1.29, 1.82) is 0 Å². The summed E-state index contributed by atoms with van der Waals surface area (Å²) in [6.45, 7) is 0.830. The summed E-state index contributed by atoms with van der Waals surface area (Å²) in [5, 5.41) is 3.05. The van der Waals surface area contributed by atoms with E-state index in [1.165, 1.54) is 12.7 Å². The highest BCUT2D eigenvalue weighted by atomic mass is 16.5. The van der Waals surface area contributed by atoms with Crippen LogP contribution in [0.25, 0.3) is 0 Å². The Morgan fingerprint density at radius 3 is 2.83 bits per heavy atom. The zero-order valence-electron chi connectivity index (χ0n) is 13.2. The summed E-state index contributed by atoms with van der Waals surface area (Å²) >= 11 is 0. The van der Waals surface area contributed by atoms with Crippen molar-refractivity contribution < 1.29 is 14.3 Å². The number of amides is 1. The lowest BCUT2D eigenvalue weighted by molar-refractivity contribution is -0.125. The highest BCUT2D eigenvalue weighted by Crippen LogP contribution is 2.30. The minimum Gasteiger partial charge on any atom is -0.493 e. The molecule has 1 aliphatic rings. The fourth-order valence-corrected chi connectivity index (χ4v) is 2.90. The van der Waals surface area contributed by atoms with Crippen LogP contribution in [0.3, 0.4) is 0 Å². The average molecular weight is 311 g/mol. The Hall–Kier alpha value is -2.33. The third-order valence-corrected chi connectivity index (χ3v) is 3.98. The summed E-state index contributed by atoms with van der Waals surface area (Å²) in [5.41, 5.74) is 3.31. The Kier molecular flexibility index (Phi) is 4.93. The molecular weight excluding hydrogens is 290 g/mol. The van der Waals surface area contributed by atoms with Crippen LogP contribution in [-0.2, 0) is 16.0 Å². The molecule has 0 saturated heterocycles. The van der Waals surface area contributed by atoms with E-state index in [2.05, 4.69) is 11.4 Å². The van der Waals surface area contributed by atoms with Gasteiger partial charge in [-0.2, -0.15) is 0 Å². The molecule has 2 aromatic rings. The Labute approximate surface area is 136 Å². The number of rotatable bonds is 5. The quantitative estimate of drug-likeness (QED) is 0.923. The monoisotopic (exact) mass is 311 g/mol. The number of hydrogen-bond donors (Lipinski definition) is 1. The first-order chi connectivity index (χ1) is 11.3. The maximum atomic E-state index is 12.0. The van der Waals surface area contributed by atoms with E-state index in [9.17, 15) is 4.79 Å². The Morgan fingerprint density at radius 1 is 1.22 bits per heavy atom. The summed E-state index contributed by atoms with van der Waals surface area (Å²) in [4.78, 5) is 12.0. The van der Waals surface area contributed by atoms with Crippen LogP contribution in [0.4, 0.5) is 0 Å². The SMILES string of the molecule is COCC(=O)NC(c1ccccc1)c1ccc2c(c1)CCCO2. The molecule has 1 unspecified atom stereocenters. The second-order valence-corrected chi connectivity index (χ2v) is 5.66. The number of aryl methyl sites for hydroxylation is 1. The van der Waals surface area contributed by atoms with Crippen molar-refractivity contribution in [2.45, 2.75) is 18.9 Å². The standard InChI is InChI=1S/C19H21NO3/c1-22-13-18(21)20-19(14-6-3-2-4-7-14)16-9-10-17-15(12-16)8-5-11-23-17/h2-4,6-7,9-10,12,19H,5,8,11,13H2,1H3,(H,20,21). The maximum absolute atomic E-state index is 12.0. The van der Waals surface area contributed by atoms with E-state index in [-0.39, 0.29) is 18.6 Å². The zero-order chi connectivity index (χ0) is 16.1. The number of carbonyl (C=O) groups is 1. The molecule has 1 atom stereocenters. The minimum atomic E-state index is -0.189. The van der Waals surface area contributed by atoms with Crippen molar-refractivity contribution in [3.05, 3.63) is 65.2 Å². The van der Waals surface area contributed by atoms with Gasteiger partial charge in [0.1, 0.15) is 12.4 Å². The summed E-state index contributed by atoms with van der Waals surface area (Å²) < 4.78 is 10.6. The Bertz CT molecular complexity index is 670. The smallest absolute Gasteiger partial charge is 0.246 e. The van der Waals surface area contributed by atoms with Gasteiger partial charge in [-0.25, -0.2) is 0 Å². The fraction of sp³-hybridized carbons (Fsp3) is 0.316. The van der Waals surface area contributed by atoms with Crippen molar-refractivity contribution in [1.82, 2.24) is 5.32 Å². The molecule has 2 aromatic carbocycles. The molecule has 1 amide bonds. The number of fused-ring (bicyclic) bond motifs is 1. The van der Waals surface area contributed by atoms with Crippen LogP contribution in [0.5, 0.6) is 5.75 Å². The van der Waals surface area contributed by atoms with E-state index in [1.807, 2.05) is 42.5 Å². The summed E-state index contributed by atoms with van der Waals surface area (Å²) in [6, 6.07) is 15.9. The van der Waals surface area contributed by atoms with Crippen molar-refractivity contribution in [3.8, 4) is 5.75 Å². The first kappa shape index (κ1) is 15.6. The number of hydrogen-bond acceptors (Lipinski definition) is 3. The summed E-state index contributed by atoms with van der Waals surface area (Å²) in [6.07, 6.45) is 2.04. The molecule has 1 heterocycles. The zero-order valence-corrected chi connectivity index (χ0v) is 13.2. The van der Waals surface area contributed by atoms with Gasteiger partial charge < -0.3 is 14.8 Å². The van der Waals surface area contributed by atoms with Crippen molar-refractivity contribution in [2.75, 3.05) is 20.3 Å². The van der Waals surface area contributed by atoms with Gasteiger partial charge in [-0.1, -0.05) is 36.4 Å². The molecule has 0 radical (unpaired) electrons. The van der Waals surface area contributed by atoms with Gasteiger partial charge in [-0.3, -0.25) is 4.79 Å². The van der Waals surface area contributed by atoms with E-state index in [1.54, 1.807) is 0 Å². The molecule has 4 nitrogen and oxygen atoms in total. The van der Waals surface area contributed by atoms with E-state index >= 15 is 0 Å². The van der Waals surface area contributed by atoms with Crippen LogP contribution in [0.1, 0.15) is 29.2 Å². The highest BCUT2D eigenvalue weighted by molar-refractivity contribution is 5.78. The first-order valence-corrected chi connectivity index (χ1v) is 7.87. The van der Waals surface area contributed by atoms with Crippen LogP contribution in [0, 0.1) is 0 Å². The van der Waals surface area contributed by atoms with E-state index in [4.69, 9.17) is 9.47 Å². The first-order valence-electron chi connectivity index (χ1n) is 7.87. The normalized spacial score (nSPS) is 14.5. The van der Waals surface area contributed by atoms with Gasteiger partial charge in [-0.15, -0.1) is 0 Å². The van der Waals surface area contributed by atoms with Crippen LogP contribution in [-0.4, -0.2) is 26.2 Å². The van der Waals surface area contributed by atoms with Crippen LogP contribution in [0.2, 0.25) is 0 Å². The molecule has 1 aliphatic heterocycles. The fourth-order valence-electron chi connectivity index (χ4n) is 2.90. The van der Waals surface area contributed by atoms with Crippen molar-refractivity contribution in [3.63, 3.8) is 0 Å². The highest BCUT2D eigenvalue weighted by Gasteiger charge is 2.19. The molecule has 4 heteroatoms. The van der Waals surface area contributed by atoms with E-state index in [0.717, 1.165) is 36.3 Å². The molecule has 1 N–H and O–H groups in total. The molecule has 0 aromatic heterocycles. The Balaban J connectivity index is 1.93. The molecule has 0 aliphatic carbocycles. The van der Waals surface area contributed by atoms with Crippen LogP contribution >= 0.6 is 0 Å². The van der Waals surface area contributed by atoms with Gasteiger partial charge in [0.15, 0.2) is 0 Å². The summed E-state index contributed by atoms with van der Waals surface area (Å²) in [7, 11) is 1.52. The number of ether oxygens (including phenoxy) is 2. The summed E-state index contributed by atoms with van der Waals surface area (Å²) in [5.74, 6) is 0.824. The number of carbonyl (C=O) groups excluding carboxylic acids is 1. The second kappa shape index (κ2) is 7.29. The second-order valence-electron chi connectivity index (χ2n) is 5.66. The van der Waals surface area contributed by atoms with Gasteiger partial charge in [0.05, 0.1) is 12.6 Å². The molecular formula is C19H21NO3. The van der Waals surface area contributed by atoms with Gasteiger partial charge >= 0.3 is 0 Å². The maximum Gasteiger partial charge on any atom is 0.246 e. The van der Waals surface area contributed by atoms with E-state index in [0.29, 0.717) is 0 Å². The predicted molar refractivity (Wildman–Crippen MR) is 88.6 cm³/mol. The third kappa shape index (κ3) is 3.71. The van der Waals surface area contributed by atoms with Crippen LogP contribution in [0.15, 0.2) is 48.5 Å². The van der Waals surface area contributed by atoms with Crippen molar-refractivity contribution in [2.24, 2.45) is 0 Å². The molecule has 0 spiro atoms. The molecule has 120 valence electrons. The lowest BCUT2D eigenvalue weighted by Crippen LogP contribution is -2.32. The number of nitrogens with one attached hydrogen (secondary N) is 1. The molecule has 0 fully saturated rings. The van der Waals surface area contributed by atoms with Gasteiger partial charge in [0.25, 0.3) is 0 Å². The molecule has 0 saturated carbocycles. The van der Waals surface area contributed by atoms with Gasteiger partial charge in [0, 0.05) is 7.11 Å². The molecule has 3 rings (SSSR count). The molecule has 23 heavy (non-hydrogen) atoms. The third-order valence-electron chi connectivity index (χ3n) is 3.98. The lowest BCUT2D eigenvalue weighted by Gasteiger charge is -2.23. The van der Waals surface area contributed by atoms with Gasteiger partial charge in [-0.05, 0) is 41.7 Å². The Morgan fingerprint density at radius 2 is 2.04 bits per heavy atom. The molecule has 0 bridgehead atoms. The van der Waals surface area contributed by atoms with Crippen molar-refractivity contribution >= 4 is 5.91 Å². The largest absolute Gasteiger partial charge is 0.493 e. The minimum absolute atomic E-state index is 0.0530. The van der Waals surface area contributed by atoms with Crippen LogP contribution < -0.4 is 10.1 Å². The number of methoxy groups -OCH3 is 1. The topological polar surface area (TPSA) is 47.6 Å². The van der Waals surface area contributed by atoms with Gasteiger partial charge in [0.2, 0.25) is 5.91 Å². The number of benzene rings is 2.